The van der Waals surface area contributed by atoms with Crippen molar-refractivity contribution in [2.45, 2.75) is 31.9 Å². The second-order valence-electron chi connectivity index (χ2n) is 5.26. The molecule has 3 N–H and O–H groups in total. The Balaban J connectivity index is 1.82. The molecule has 0 radical (unpaired) electrons. The van der Waals surface area contributed by atoms with Gasteiger partial charge in [-0.1, -0.05) is 18.2 Å². The molecule has 3 unspecified atom stereocenters. The molecular formula is C15H20N2OS. The third-order valence-electron chi connectivity index (χ3n) is 4.17. The van der Waals surface area contributed by atoms with E-state index in [1.165, 1.54) is 15.6 Å². The SMILES string of the molecule is CC1OCCC1C(Cc1csc2ccccc12)NN. The molecule has 1 fully saturated rings. The first kappa shape index (κ1) is 13.1. The van der Waals surface area contributed by atoms with Gasteiger partial charge in [-0.25, -0.2) is 0 Å². The minimum atomic E-state index is 0.288. The standard InChI is InChI=1S/C15H20N2OS/c1-10-12(6-7-18-10)14(17-16)8-11-9-19-15-5-3-2-4-13(11)15/h2-5,9-10,12,14,17H,6-8,16H2,1H3. The molecule has 0 aliphatic carbocycles. The molecule has 1 aromatic heterocycles. The second kappa shape index (κ2) is 5.59. The molecule has 3 atom stereocenters. The van der Waals surface area contributed by atoms with Gasteiger partial charge in [0.25, 0.3) is 0 Å². The fraction of sp³-hybridized carbons (Fsp3) is 0.467. The van der Waals surface area contributed by atoms with Gasteiger partial charge in [-0.3, -0.25) is 11.3 Å². The molecule has 1 saturated heterocycles. The maximum Gasteiger partial charge on any atom is 0.0591 e. The molecule has 0 amide bonds. The Morgan fingerprint density at radius 3 is 3.05 bits per heavy atom. The summed E-state index contributed by atoms with van der Waals surface area (Å²) in [6.07, 6.45) is 2.36. The first-order chi connectivity index (χ1) is 9.29. The van der Waals surface area contributed by atoms with Gasteiger partial charge in [0, 0.05) is 23.3 Å². The summed E-state index contributed by atoms with van der Waals surface area (Å²) < 4.78 is 7.01. The number of thiophene rings is 1. The summed E-state index contributed by atoms with van der Waals surface area (Å²) in [6, 6.07) is 8.85. The Hall–Kier alpha value is -0.940. The quantitative estimate of drug-likeness (QED) is 0.667. The van der Waals surface area contributed by atoms with Gasteiger partial charge in [0.15, 0.2) is 0 Å². The molecule has 2 heterocycles. The van der Waals surface area contributed by atoms with Crippen LogP contribution in [0.25, 0.3) is 10.1 Å². The van der Waals surface area contributed by atoms with Crippen LogP contribution < -0.4 is 11.3 Å². The van der Waals surface area contributed by atoms with E-state index in [0.717, 1.165) is 19.4 Å². The highest BCUT2D eigenvalue weighted by Gasteiger charge is 2.31. The molecule has 0 saturated carbocycles. The van der Waals surface area contributed by atoms with Gasteiger partial charge in [-0.2, -0.15) is 0 Å². The van der Waals surface area contributed by atoms with Gasteiger partial charge >= 0.3 is 0 Å². The number of nitrogens with two attached hydrogens (primary N) is 1. The minimum absolute atomic E-state index is 0.288. The van der Waals surface area contributed by atoms with Crippen molar-refractivity contribution in [3.05, 3.63) is 35.2 Å². The average molecular weight is 276 g/mol. The van der Waals surface area contributed by atoms with Crippen molar-refractivity contribution in [3.63, 3.8) is 0 Å². The van der Waals surface area contributed by atoms with Crippen molar-refractivity contribution in [3.8, 4) is 0 Å². The van der Waals surface area contributed by atoms with Crippen LogP contribution in [0.4, 0.5) is 0 Å². The van der Waals surface area contributed by atoms with E-state index in [-0.39, 0.29) is 6.04 Å². The van der Waals surface area contributed by atoms with Crippen LogP contribution in [-0.2, 0) is 11.2 Å². The van der Waals surface area contributed by atoms with Crippen molar-refractivity contribution in [1.82, 2.24) is 5.43 Å². The van der Waals surface area contributed by atoms with Crippen LogP contribution >= 0.6 is 11.3 Å². The van der Waals surface area contributed by atoms with Crippen molar-refractivity contribution in [1.29, 1.82) is 0 Å². The fourth-order valence-corrected chi connectivity index (χ4v) is 4.01. The molecule has 3 nitrogen and oxygen atoms in total. The maximum atomic E-state index is 5.77. The lowest BCUT2D eigenvalue weighted by Crippen LogP contribution is -2.44. The molecule has 19 heavy (non-hydrogen) atoms. The molecule has 102 valence electrons. The highest BCUT2D eigenvalue weighted by atomic mass is 32.1. The lowest BCUT2D eigenvalue weighted by Gasteiger charge is -2.25. The van der Waals surface area contributed by atoms with Crippen LogP contribution in [0.1, 0.15) is 18.9 Å². The van der Waals surface area contributed by atoms with Crippen molar-refractivity contribution >= 4 is 21.4 Å². The second-order valence-corrected chi connectivity index (χ2v) is 6.17. The Labute approximate surface area is 117 Å². The molecular weight excluding hydrogens is 256 g/mol. The third-order valence-corrected chi connectivity index (χ3v) is 5.18. The van der Waals surface area contributed by atoms with E-state index in [4.69, 9.17) is 10.6 Å². The monoisotopic (exact) mass is 276 g/mol. The smallest absolute Gasteiger partial charge is 0.0591 e. The van der Waals surface area contributed by atoms with Crippen LogP contribution in [0, 0.1) is 5.92 Å². The van der Waals surface area contributed by atoms with Gasteiger partial charge in [0.05, 0.1) is 6.10 Å². The molecule has 4 heteroatoms. The van der Waals surface area contributed by atoms with Gasteiger partial charge in [0.2, 0.25) is 0 Å². The number of nitrogens with one attached hydrogen (secondary N) is 1. The largest absolute Gasteiger partial charge is 0.378 e. The predicted molar refractivity (Wildman–Crippen MR) is 80.2 cm³/mol. The van der Waals surface area contributed by atoms with Crippen LogP contribution in [-0.4, -0.2) is 18.8 Å². The normalized spacial score (nSPS) is 24.9. The van der Waals surface area contributed by atoms with E-state index in [2.05, 4.69) is 42.0 Å². The molecule has 1 aliphatic heterocycles. The van der Waals surface area contributed by atoms with Gasteiger partial charge in [-0.05, 0) is 42.2 Å². The predicted octanol–water partition coefficient (Wildman–Crippen LogP) is 2.70. The topological polar surface area (TPSA) is 47.3 Å². The first-order valence-corrected chi connectivity index (χ1v) is 7.70. The zero-order valence-corrected chi connectivity index (χ0v) is 12.0. The summed E-state index contributed by atoms with van der Waals surface area (Å²) in [6.45, 7) is 3.00. The number of hydrogen-bond acceptors (Lipinski definition) is 4. The number of hydrazine groups is 1. The summed E-state index contributed by atoms with van der Waals surface area (Å²) in [5.41, 5.74) is 4.39. The number of rotatable bonds is 4. The van der Waals surface area contributed by atoms with Gasteiger partial charge < -0.3 is 4.74 Å². The lowest BCUT2D eigenvalue weighted by atomic mass is 9.89. The number of benzene rings is 1. The minimum Gasteiger partial charge on any atom is -0.378 e. The molecule has 1 aliphatic rings. The van der Waals surface area contributed by atoms with E-state index in [1.807, 2.05) is 11.3 Å². The van der Waals surface area contributed by atoms with Crippen molar-refractivity contribution < 1.29 is 4.74 Å². The molecule has 1 aromatic carbocycles. The van der Waals surface area contributed by atoms with E-state index in [9.17, 15) is 0 Å². The molecule has 2 aromatic rings. The Kier molecular flexibility index (Phi) is 3.84. The van der Waals surface area contributed by atoms with Crippen molar-refractivity contribution in [2.75, 3.05) is 6.61 Å². The third kappa shape index (κ3) is 2.54. The van der Waals surface area contributed by atoms with Gasteiger partial charge in [-0.15, -0.1) is 11.3 Å². The molecule has 0 spiro atoms. The first-order valence-electron chi connectivity index (χ1n) is 6.82. The van der Waals surface area contributed by atoms with E-state index >= 15 is 0 Å². The zero-order chi connectivity index (χ0) is 13.2. The summed E-state index contributed by atoms with van der Waals surface area (Å²) >= 11 is 1.81. The number of ether oxygens (including phenoxy) is 1. The highest BCUT2D eigenvalue weighted by molar-refractivity contribution is 7.17. The van der Waals surface area contributed by atoms with E-state index in [0.29, 0.717) is 12.0 Å². The summed E-state index contributed by atoms with van der Waals surface area (Å²) in [5.74, 6) is 6.28. The van der Waals surface area contributed by atoms with Crippen LogP contribution in [0.3, 0.4) is 0 Å². The van der Waals surface area contributed by atoms with E-state index < -0.39 is 0 Å². The highest BCUT2D eigenvalue weighted by Crippen LogP contribution is 2.30. The number of hydrogen-bond donors (Lipinski definition) is 2. The van der Waals surface area contributed by atoms with E-state index in [1.54, 1.807) is 0 Å². The van der Waals surface area contributed by atoms with Crippen molar-refractivity contribution in [2.24, 2.45) is 11.8 Å². The zero-order valence-electron chi connectivity index (χ0n) is 11.1. The summed E-state index contributed by atoms with van der Waals surface area (Å²) in [5, 5.41) is 3.62. The lowest BCUT2D eigenvalue weighted by molar-refractivity contribution is 0.0954. The maximum absolute atomic E-state index is 5.77. The van der Waals surface area contributed by atoms with Crippen LogP contribution in [0.15, 0.2) is 29.6 Å². The Bertz CT molecular complexity index is 554. The van der Waals surface area contributed by atoms with Crippen LogP contribution in [0.2, 0.25) is 0 Å². The Morgan fingerprint density at radius 1 is 1.47 bits per heavy atom. The molecule has 0 bridgehead atoms. The van der Waals surface area contributed by atoms with Crippen LogP contribution in [0.5, 0.6) is 0 Å². The van der Waals surface area contributed by atoms with Gasteiger partial charge in [0.1, 0.15) is 0 Å². The number of fused-ring (bicyclic) bond motifs is 1. The summed E-state index contributed by atoms with van der Waals surface area (Å²) in [7, 11) is 0. The summed E-state index contributed by atoms with van der Waals surface area (Å²) in [4.78, 5) is 0. The Morgan fingerprint density at radius 2 is 2.32 bits per heavy atom. The molecule has 3 rings (SSSR count). The fourth-order valence-electron chi connectivity index (χ4n) is 3.04. The average Bonchev–Trinajstić information content (AvgIpc) is 3.03.